The Morgan fingerprint density at radius 2 is 1.42 bits per heavy atom. The number of aromatic nitrogens is 3. The molecule has 272 valence electrons. The molecule has 1 heterocycles. The van der Waals surface area contributed by atoms with Crippen molar-refractivity contribution in [3.63, 3.8) is 0 Å². The Labute approximate surface area is 320 Å². The van der Waals surface area contributed by atoms with Crippen molar-refractivity contribution >= 4 is 33.9 Å². The van der Waals surface area contributed by atoms with Gasteiger partial charge in [0.05, 0.1) is 47.2 Å². The smallest absolute Gasteiger partial charge is 0.497 e. The van der Waals surface area contributed by atoms with Gasteiger partial charge in [0.15, 0.2) is 0 Å². The molecular formula is C32H29F2N8NaO10. The van der Waals surface area contributed by atoms with Crippen molar-refractivity contribution in [2.24, 2.45) is 5.34 Å². The summed E-state index contributed by atoms with van der Waals surface area (Å²) in [6.45, 7) is 0.320. The number of hydrogen-bond donors (Lipinski definition) is 2. The Morgan fingerprint density at radius 3 is 1.92 bits per heavy atom. The molecule has 0 unspecified atom stereocenters. The molecule has 0 bridgehead atoms. The molecule has 5 aromatic rings. The molecule has 0 saturated carbocycles. The van der Waals surface area contributed by atoms with Crippen molar-refractivity contribution < 1.29 is 62.5 Å². The fourth-order valence-electron chi connectivity index (χ4n) is 4.54. The fourth-order valence-corrected chi connectivity index (χ4v) is 4.54. The van der Waals surface area contributed by atoms with Crippen LogP contribution in [-0.4, -0.2) is 51.5 Å². The van der Waals surface area contributed by atoms with E-state index in [1.807, 2.05) is 0 Å². The fraction of sp³-hybridized carbons (Fsp3) is 0.188. The van der Waals surface area contributed by atoms with Crippen LogP contribution >= 0.6 is 0 Å². The molecule has 0 aliphatic heterocycles. The molecule has 0 radical (unpaired) electrons. The Balaban J connectivity index is 0.000000336. The summed E-state index contributed by atoms with van der Waals surface area (Å²) in [5.41, 5.74) is 6.01. The molecule has 18 nitrogen and oxygen atoms in total. The van der Waals surface area contributed by atoms with Gasteiger partial charge in [-0.05, 0) is 48.2 Å². The van der Waals surface area contributed by atoms with Gasteiger partial charge in [0.25, 0.3) is 22.8 Å². The van der Waals surface area contributed by atoms with Gasteiger partial charge in [0.2, 0.25) is 0 Å². The average molecular weight is 747 g/mol. The number of rotatable bonds is 11. The molecule has 0 aliphatic rings. The molecule has 0 atom stereocenters. The predicted octanol–water partition coefficient (Wildman–Crippen LogP) is 1.64. The van der Waals surface area contributed by atoms with Crippen molar-refractivity contribution in [2.75, 3.05) is 26.5 Å². The van der Waals surface area contributed by atoms with Crippen molar-refractivity contribution in [2.45, 2.75) is 19.4 Å². The predicted molar refractivity (Wildman–Crippen MR) is 183 cm³/mol. The number of anilines is 1. The largest absolute Gasteiger partial charge is 1.00 e. The number of hydrogen-bond acceptors (Lipinski definition) is 14. The summed E-state index contributed by atoms with van der Waals surface area (Å²) in [6.07, 6.45) is 0.525. The number of carbonyl (C=O) groups is 1. The third-order valence-corrected chi connectivity index (χ3v) is 7.20. The first-order chi connectivity index (χ1) is 24.8. The van der Waals surface area contributed by atoms with Gasteiger partial charge < -0.3 is 30.6 Å². The third-order valence-electron chi connectivity index (χ3n) is 7.20. The van der Waals surface area contributed by atoms with Crippen LogP contribution in [0.1, 0.15) is 21.5 Å². The number of nitrogens with one attached hydrogen (secondary N) is 1. The minimum atomic E-state index is -0.593. The zero-order chi connectivity index (χ0) is 38.4. The van der Waals surface area contributed by atoms with Gasteiger partial charge >= 0.3 is 29.6 Å². The first-order valence-corrected chi connectivity index (χ1v) is 14.8. The average Bonchev–Trinajstić information content (AvgIpc) is 3.12. The van der Waals surface area contributed by atoms with E-state index in [-0.39, 0.29) is 89.0 Å². The monoisotopic (exact) mass is 746 g/mol. The van der Waals surface area contributed by atoms with Gasteiger partial charge in [-0.2, -0.15) is 0 Å². The summed E-state index contributed by atoms with van der Waals surface area (Å²) < 4.78 is 38.7. The molecular weight excluding hydrogens is 717 g/mol. The number of nitrogens with zero attached hydrogens (tertiary/aromatic N) is 6. The Bertz CT molecular complexity index is 2160. The van der Waals surface area contributed by atoms with Crippen LogP contribution in [0.4, 0.5) is 25.8 Å². The normalized spacial score (nSPS) is 9.96. The summed E-state index contributed by atoms with van der Waals surface area (Å²) in [4.78, 5) is 52.7. The standard InChI is InChI=1S/C16H13FN4O4.C16H16FN3O4.HNO2.Na/c1-25-12-4-2-10(14(17)9-12)6-7-20-16(22)13-5-3-11(21(23)24)8-15(13)18-19-20;1-24-12-4-2-10(14(17)9-12)6-7-19-16(21)13-5-3-11(20(22)23)8-15(13)18;2-1-3;/h2-5,8-9H,6-7H2,1H3;2-5,8-9H,6-7,18H2,1H3,(H,19,21);(H,2,3);/q;;;+1/p-1. The maximum absolute atomic E-state index is 13.9. The van der Waals surface area contributed by atoms with Gasteiger partial charge in [-0.25, -0.2) is 13.5 Å². The number of ether oxygens (including phenoxy) is 2. The van der Waals surface area contributed by atoms with Gasteiger partial charge in [0, 0.05) is 42.9 Å². The van der Waals surface area contributed by atoms with E-state index in [2.05, 4.69) is 15.6 Å². The van der Waals surface area contributed by atoms with Crippen molar-refractivity contribution in [3.05, 3.63) is 142 Å². The Hall–Kier alpha value is -6.12. The number of nitrogen functional groups attached to an aromatic ring is 1. The van der Waals surface area contributed by atoms with Crippen LogP contribution in [0.25, 0.3) is 10.9 Å². The minimum Gasteiger partial charge on any atom is -0.497 e. The van der Waals surface area contributed by atoms with E-state index in [0.29, 0.717) is 22.6 Å². The number of halogens is 2. The van der Waals surface area contributed by atoms with Crippen LogP contribution < -0.4 is 55.6 Å². The molecule has 53 heavy (non-hydrogen) atoms. The number of non-ortho nitro benzene ring substituents is 2. The van der Waals surface area contributed by atoms with E-state index < -0.39 is 32.9 Å². The number of aryl methyl sites for hydroxylation is 2. The van der Waals surface area contributed by atoms with Gasteiger partial charge in [-0.3, -0.25) is 29.8 Å². The molecule has 0 saturated heterocycles. The van der Waals surface area contributed by atoms with E-state index in [1.165, 1.54) is 56.7 Å². The molecule has 1 amide bonds. The molecule has 0 fully saturated rings. The van der Waals surface area contributed by atoms with E-state index in [1.54, 1.807) is 24.3 Å². The SMILES string of the molecule is COc1ccc(CCNC(=O)c2ccc([N+](=O)[O-])cc2N)c(F)c1.COc1ccc(CCn2nnc3cc([N+](=O)[O-])ccc3c2=O)c(F)c1.O=N[O-].[Na+]. The van der Waals surface area contributed by atoms with Gasteiger partial charge in [-0.15, -0.1) is 10.4 Å². The number of nitro groups is 2. The van der Waals surface area contributed by atoms with Gasteiger partial charge in [0.1, 0.15) is 28.7 Å². The minimum absolute atomic E-state index is 0. The maximum Gasteiger partial charge on any atom is 1.00 e. The van der Waals surface area contributed by atoms with Gasteiger partial charge in [-0.1, -0.05) is 17.3 Å². The zero-order valence-corrected chi connectivity index (χ0v) is 30.4. The molecule has 21 heteroatoms. The Morgan fingerprint density at radius 1 is 0.887 bits per heavy atom. The van der Waals surface area contributed by atoms with Crippen LogP contribution in [0.15, 0.2) is 82.9 Å². The Kier molecular flexibility index (Phi) is 16.8. The van der Waals surface area contributed by atoms with Crippen molar-refractivity contribution in [1.82, 2.24) is 20.3 Å². The number of fused-ring (bicyclic) bond motifs is 1. The summed E-state index contributed by atoms with van der Waals surface area (Å²) in [5.74, 6) is -0.504. The summed E-state index contributed by atoms with van der Waals surface area (Å²) in [6, 6.07) is 16.3. The van der Waals surface area contributed by atoms with Crippen molar-refractivity contribution in [1.29, 1.82) is 0 Å². The molecule has 5 rings (SSSR count). The van der Waals surface area contributed by atoms with Crippen LogP contribution in [0, 0.1) is 42.0 Å². The summed E-state index contributed by atoms with van der Waals surface area (Å²) >= 11 is 0. The molecule has 0 spiro atoms. The van der Waals surface area contributed by atoms with Crippen LogP contribution in [0.5, 0.6) is 11.5 Å². The van der Waals surface area contributed by atoms with Crippen LogP contribution in [0.2, 0.25) is 0 Å². The summed E-state index contributed by atoms with van der Waals surface area (Å²) in [7, 11) is 2.90. The summed E-state index contributed by atoms with van der Waals surface area (Å²) in [5, 5.41) is 40.8. The topological polar surface area (TPSA) is 260 Å². The number of benzene rings is 4. The number of carbonyl (C=O) groups excluding carboxylic acids is 1. The second kappa shape index (κ2) is 20.7. The first-order valence-electron chi connectivity index (χ1n) is 14.8. The van der Waals surface area contributed by atoms with E-state index >= 15 is 0 Å². The molecule has 0 aliphatic carbocycles. The number of amides is 1. The second-order valence-corrected chi connectivity index (χ2v) is 10.4. The zero-order valence-electron chi connectivity index (χ0n) is 28.4. The first kappa shape index (κ1) is 43.0. The maximum atomic E-state index is 13.9. The van der Waals surface area contributed by atoms with E-state index in [4.69, 9.17) is 25.3 Å². The van der Waals surface area contributed by atoms with Crippen LogP contribution in [0.3, 0.4) is 0 Å². The number of nitrogens with two attached hydrogens (primary N) is 1. The molecule has 1 aromatic heterocycles. The molecule has 4 aromatic carbocycles. The van der Waals surface area contributed by atoms with E-state index in [0.717, 1.165) is 16.1 Å². The number of nitro benzene ring substituents is 2. The van der Waals surface area contributed by atoms with Crippen LogP contribution in [-0.2, 0) is 19.4 Å². The molecule has 3 N–H and O–H groups in total. The van der Waals surface area contributed by atoms with E-state index in [9.17, 15) is 38.6 Å². The quantitative estimate of drug-likeness (QED) is 0.0641. The van der Waals surface area contributed by atoms with Crippen molar-refractivity contribution in [3.8, 4) is 11.5 Å². The second-order valence-electron chi connectivity index (χ2n) is 10.4. The number of methoxy groups -OCH3 is 2. The third kappa shape index (κ3) is 12.0.